The molecule has 4 rings (SSSR count). The topological polar surface area (TPSA) is 125 Å². The molecule has 4 unspecified atom stereocenters. The summed E-state index contributed by atoms with van der Waals surface area (Å²) < 4.78 is 0. The third kappa shape index (κ3) is 3.93. The van der Waals surface area contributed by atoms with Gasteiger partial charge in [0.25, 0.3) is 0 Å². The summed E-state index contributed by atoms with van der Waals surface area (Å²) in [7, 11) is 0. The van der Waals surface area contributed by atoms with E-state index in [2.05, 4.69) is 21.5 Å². The first-order chi connectivity index (χ1) is 13.0. The third-order valence-corrected chi connectivity index (χ3v) is 5.65. The number of hydrazine groups is 1. The van der Waals surface area contributed by atoms with Gasteiger partial charge in [0.2, 0.25) is 17.9 Å². The Bertz CT molecular complexity index is 766. The van der Waals surface area contributed by atoms with Crippen molar-refractivity contribution in [2.45, 2.75) is 50.2 Å². The Hall–Kier alpha value is -2.52. The molecule has 0 bridgehead atoms. The SMILES string of the molecule is O=C(Nc1cccc(NC(=O)C2NNC3CCC([N+](=O)[O-])CC32)c1)C1CC1. The van der Waals surface area contributed by atoms with E-state index in [-0.39, 0.29) is 34.6 Å². The Morgan fingerprint density at radius 2 is 1.74 bits per heavy atom. The maximum absolute atomic E-state index is 12.7. The van der Waals surface area contributed by atoms with Gasteiger partial charge in [0.05, 0.1) is 0 Å². The van der Waals surface area contributed by atoms with Crippen LogP contribution in [0.2, 0.25) is 0 Å². The average molecular weight is 373 g/mol. The Labute approximate surface area is 156 Å². The Balaban J connectivity index is 1.40. The fraction of sp³-hybridized carbons (Fsp3) is 0.556. The van der Waals surface area contributed by atoms with E-state index >= 15 is 0 Å². The number of fused-ring (bicyclic) bond motifs is 1. The number of hydrogen-bond donors (Lipinski definition) is 4. The molecule has 2 amide bonds. The molecular formula is C18H23N5O4. The summed E-state index contributed by atoms with van der Waals surface area (Å²) in [4.78, 5) is 35.5. The molecule has 1 aromatic carbocycles. The number of nitrogens with zero attached hydrogens (tertiary/aromatic N) is 1. The fourth-order valence-corrected chi connectivity index (χ4v) is 3.97. The molecule has 9 heteroatoms. The molecule has 144 valence electrons. The smallest absolute Gasteiger partial charge is 0.243 e. The van der Waals surface area contributed by atoms with Gasteiger partial charge in [-0.25, -0.2) is 5.43 Å². The van der Waals surface area contributed by atoms with Crippen LogP contribution in [0.1, 0.15) is 32.1 Å². The van der Waals surface area contributed by atoms with Gasteiger partial charge in [-0.15, -0.1) is 0 Å². The van der Waals surface area contributed by atoms with E-state index in [0.29, 0.717) is 30.6 Å². The quantitative estimate of drug-likeness (QED) is 0.455. The largest absolute Gasteiger partial charge is 0.326 e. The van der Waals surface area contributed by atoms with E-state index in [1.165, 1.54) is 0 Å². The molecule has 4 atom stereocenters. The first-order valence-electron chi connectivity index (χ1n) is 9.37. The maximum atomic E-state index is 12.7. The van der Waals surface area contributed by atoms with Crippen LogP contribution >= 0.6 is 0 Å². The lowest BCUT2D eigenvalue weighted by Gasteiger charge is -2.28. The Morgan fingerprint density at radius 1 is 1.04 bits per heavy atom. The number of benzene rings is 1. The zero-order valence-electron chi connectivity index (χ0n) is 14.8. The van der Waals surface area contributed by atoms with Crippen molar-refractivity contribution in [3.8, 4) is 0 Å². The zero-order chi connectivity index (χ0) is 19.0. The molecule has 0 aromatic heterocycles. The summed E-state index contributed by atoms with van der Waals surface area (Å²) >= 11 is 0. The Kier molecular flexibility index (Phi) is 4.79. The summed E-state index contributed by atoms with van der Waals surface area (Å²) in [5, 5.41) is 16.8. The van der Waals surface area contributed by atoms with Crippen LogP contribution in [-0.4, -0.2) is 34.9 Å². The van der Waals surface area contributed by atoms with E-state index in [9.17, 15) is 19.7 Å². The molecule has 0 spiro atoms. The second-order valence-corrected chi connectivity index (χ2v) is 7.62. The van der Waals surface area contributed by atoms with Crippen molar-refractivity contribution >= 4 is 23.2 Å². The normalized spacial score (nSPS) is 29.6. The number of amides is 2. The second kappa shape index (κ2) is 7.24. The summed E-state index contributed by atoms with van der Waals surface area (Å²) in [6.45, 7) is 0. The number of carbonyl (C=O) groups is 2. The molecule has 1 aliphatic heterocycles. The van der Waals surface area contributed by atoms with Gasteiger partial charge in [-0.2, -0.15) is 0 Å². The highest BCUT2D eigenvalue weighted by atomic mass is 16.6. The predicted molar refractivity (Wildman–Crippen MR) is 98.4 cm³/mol. The molecule has 1 heterocycles. The number of rotatable bonds is 5. The maximum Gasteiger partial charge on any atom is 0.243 e. The van der Waals surface area contributed by atoms with Gasteiger partial charge in [-0.05, 0) is 37.5 Å². The van der Waals surface area contributed by atoms with E-state index < -0.39 is 12.1 Å². The second-order valence-electron chi connectivity index (χ2n) is 7.62. The fourth-order valence-electron chi connectivity index (χ4n) is 3.97. The van der Waals surface area contributed by atoms with Crippen LogP contribution < -0.4 is 21.5 Å². The van der Waals surface area contributed by atoms with Crippen molar-refractivity contribution in [2.24, 2.45) is 11.8 Å². The first-order valence-corrected chi connectivity index (χ1v) is 9.37. The molecule has 1 aromatic rings. The van der Waals surface area contributed by atoms with E-state index in [1.807, 2.05) is 0 Å². The zero-order valence-corrected chi connectivity index (χ0v) is 14.8. The number of carbonyl (C=O) groups excluding carboxylic acids is 2. The third-order valence-electron chi connectivity index (χ3n) is 5.65. The monoisotopic (exact) mass is 373 g/mol. The van der Waals surface area contributed by atoms with Gasteiger partial charge in [0.1, 0.15) is 6.04 Å². The molecule has 9 nitrogen and oxygen atoms in total. The average Bonchev–Trinajstić information content (AvgIpc) is 3.41. The predicted octanol–water partition coefficient (Wildman–Crippen LogP) is 1.26. The van der Waals surface area contributed by atoms with Gasteiger partial charge in [0, 0.05) is 47.0 Å². The molecule has 2 aliphatic carbocycles. The number of nitro groups is 1. The molecular weight excluding hydrogens is 350 g/mol. The summed E-state index contributed by atoms with van der Waals surface area (Å²) in [6.07, 6.45) is 3.44. The number of nitrogens with one attached hydrogen (secondary N) is 4. The van der Waals surface area contributed by atoms with E-state index in [0.717, 1.165) is 12.8 Å². The molecule has 0 radical (unpaired) electrons. The highest BCUT2D eigenvalue weighted by molar-refractivity contribution is 5.97. The molecule has 1 saturated heterocycles. The lowest BCUT2D eigenvalue weighted by molar-refractivity contribution is -0.528. The number of hydrogen-bond acceptors (Lipinski definition) is 6. The van der Waals surface area contributed by atoms with Crippen LogP contribution in [0.15, 0.2) is 24.3 Å². The van der Waals surface area contributed by atoms with Crippen molar-refractivity contribution in [1.82, 2.24) is 10.9 Å². The van der Waals surface area contributed by atoms with Crippen molar-refractivity contribution in [2.75, 3.05) is 10.6 Å². The number of anilines is 2. The van der Waals surface area contributed by atoms with Gasteiger partial charge >= 0.3 is 0 Å². The minimum Gasteiger partial charge on any atom is -0.326 e. The van der Waals surface area contributed by atoms with Crippen LogP contribution in [0.25, 0.3) is 0 Å². The van der Waals surface area contributed by atoms with Crippen LogP contribution in [0.3, 0.4) is 0 Å². The lowest BCUT2D eigenvalue weighted by atomic mass is 9.79. The minimum atomic E-state index is -0.593. The van der Waals surface area contributed by atoms with Gasteiger partial charge in [-0.3, -0.25) is 25.1 Å². The van der Waals surface area contributed by atoms with Crippen molar-refractivity contribution in [3.63, 3.8) is 0 Å². The van der Waals surface area contributed by atoms with Crippen LogP contribution in [0.5, 0.6) is 0 Å². The van der Waals surface area contributed by atoms with Gasteiger partial charge < -0.3 is 10.6 Å². The van der Waals surface area contributed by atoms with E-state index in [4.69, 9.17) is 0 Å². The molecule has 3 aliphatic rings. The van der Waals surface area contributed by atoms with Crippen LogP contribution in [-0.2, 0) is 9.59 Å². The summed E-state index contributed by atoms with van der Waals surface area (Å²) in [5.41, 5.74) is 7.32. The van der Waals surface area contributed by atoms with Crippen molar-refractivity contribution in [1.29, 1.82) is 0 Å². The van der Waals surface area contributed by atoms with Gasteiger partial charge in [-0.1, -0.05) is 6.07 Å². The van der Waals surface area contributed by atoms with Crippen molar-refractivity contribution in [3.05, 3.63) is 34.4 Å². The highest BCUT2D eigenvalue weighted by Gasteiger charge is 2.46. The highest BCUT2D eigenvalue weighted by Crippen LogP contribution is 2.33. The van der Waals surface area contributed by atoms with Crippen LogP contribution in [0.4, 0.5) is 11.4 Å². The van der Waals surface area contributed by atoms with Crippen molar-refractivity contribution < 1.29 is 14.5 Å². The molecule has 2 saturated carbocycles. The Morgan fingerprint density at radius 3 is 2.41 bits per heavy atom. The molecule has 4 N–H and O–H groups in total. The van der Waals surface area contributed by atoms with E-state index in [1.54, 1.807) is 24.3 Å². The minimum absolute atomic E-state index is 0.0102. The molecule has 3 fully saturated rings. The van der Waals surface area contributed by atoms with Gasteiger partial charge in [0.15, 0.2) is 0 Å². The molecule has 27 heavy (non-hydrogen) atoms. The standard InChI is InChI=1S/C18H23N5O4/c24-17(10-4-5-10)19-11-2-1-3-12(8-11)20-18(25)16-14-9-13(23(26)27)6-7-15(14)21-22-16/h1-3,8,10,13-16,21-22H,4-7,9H2,(H,19,24)(H,20,25). The van der Waals surface area contributed by atoms with Crippen LogP contribution in [0, 0.1) is 22.0 Å². The summed E-state index contributed by atoms with van der Waals surface area (Å²) in [5.74, 6) is -0.234. The summed E-state index contributed by atoms with van der Waals surface area (Å²) in [6, 6.07) is 5.98. The first kappa shape index (κ1) is 17.9. The lowest BCUT2D eigenvalue weighted by Crippen LogP contribution is -2.44.